The summed E-state index contributed by atoms with van der Waals surface area (Å²) >= 11 is 0. The zero-order valence-electron chi connectivity index (χ0n) is 12.3. The largest absolute Gasteiger partial charge is 0.489 e. The summed E-state index contributed by atoms with van der Waals surface area (Å²) in [6, 6.07) is 16.7. The van der Waals surface area contributed by atoms with Gasteiger partial charge in [0.05, 0.1) is 0 Å². The van der Waals surface area contributed by atoms with Crippen molar-refractivity contribution < 1.29 is 4.74 Å². The van der Waals surface area contributed by atoms with Crippen LogP contribution in [-0.2, 0) is 6.61 Å². The van der Waals surface area contributed by atoms with Gasteiger partial charge in [-0.3, -0.25) is 0 Å². The fourth-order valence-corrected chi connectivity index (χ4v) is 1.91. The molecule has 0 aliphatic rings. The molecule has 0 saturated heterocycles. The average molecular weight is 266 g/mol. The molecule has 0 saturated carbocycles. The van der Waals surface area contributed by atoms with E-state index in [1.165, 1.54) is 23.1 Å². The molecule has 0 aliphatic carbocycles. The molecule has 0 heterocycles. The minimum Gasteiger partial charge on any atom is -0.489 e. The molecule has 2 aromatic carbocycles. The topological polar surface area (TPSA) is 9.23 Å². The fourth-order valence-electron chi connectivity index (χ4n) is 1.91. The highest BCUT2D eigenvalue weighted by Crippen LogP contribution is 2.14. The normalized spacial score (nSPS) is 10.9. The Morgan fingerprint density at radius 1 is 0.950 bits per heavy atom. The van der Waals surface area contributed by atoms with Gasteiger partial charge in [-0.25, -0.2) is 0 Å². The number of ether oxygens (including phenoxy) is 1. The second-order valence-electron chi connectivity index (χ2n) is 5.03. The van der Waals surface area contributed by atoms with E-state index in [-0.39, 0.29) is 0 Å². The highest BCUT2D eigenvalue weighted by Gasteiger charge is 1.96. The molecule has 2 aromatic rings. The van der Waals surface area contributed by atoms with Crippen LogP contribution < -0.4 is 4.74 Å². The number of hydrogen-bond donors (Lipinski definition) is 0. The lowest BCUT2D eigenvalue weighted by Gasteiger charge is -2.06. The first-order valence-corrected chi connectivity index (χ1v) is 7.23. The second-order valence-corrected chi connectivity index (χ2v) is 5.03. The van der Waals surface area contributed by atoms with E-state index < -0.39 is 0 Å². The number of rotatable bonds is 6. The Labute approximate surface area is 121 Å². The molecular formula is C19H22O. The van der Waals surface area contributed by atoms with Crippen LogP contribution in [0.2, 0.25) is 0 Å². The van der Waals surface area contributed by atoms with Gasteiger partial charge in [0.2, 0.25) is 0 Å². The highest BCUT2D eigenvalue weighted by molar-refractivity contribution is 5.49. The first kappa shape index (κ1) is 14.4. The third-order valence-corrected chi connectivity index (χ3v) is 3.17. The summed E-state index contributed by atoms with van der Waals surface area (Å²) < 4.78 is 5.77. The monoisotopic (exact) mass is 266 g/mol. The van der Waals surface area contributed by atoms with Crippen LogP contribution in [0.3, 0.4) is 0 Å². The van der Waals surface area contributed by atoms with Crippen molar-refractivity contribution in [2.45, 2.75) is 33.3 Å². The van der Waals surface area contributed by atoms with Crippen molar-refractivity contribution in [2.75, 3.05) is 0 Å². The second kappa shape index (κ2) is 7.54. The van der Waals surface area contributed by atoms with E-state index in [9.17, 15) is 0 Å². The van der Waals surface area contributed by atoms with Gasteiger partial charge in [-0.05, 0) is 36.6 Å². The van der Waals surface area contributed by atoms with Gasteiger partial charge in [-0.15, -0.1) is 0 Å². The van der Waals surface area contributed by atoms with Gasteiger partial charge in [-0.1, -0.05) is 67.5 Å². The summed E-state index contributed by atoms with van der Waals surface area (Å²) in [6.07, 6.45) is 6.73. The Balaban J connectivity index is 1.89. The Bertz CT molecular complexity index is 535. The van der Waals surface area contributed by atoms with Crippen molar-refractivity contribution in [1.29, 1.82) is 0 Å². The number of unbranched alkanes of at least 4 members (excludes halogenated alkanes) is 1. The predicted molar refractivity (Wildman–Crippen MR) is 85.9 cm³/mol. The molecule has 0 unspecified atom stereocenters. The van der Waals surface area contributed by atoms with Crippen LogP contribution >= 0.6 is 0 Å². The lowest BCUT2D eigenvalue weighted by molar-refractivity contribution is 0.306. The van der Waals surface area contributed by atoms with Gasteiger partial charge >= 0.3 is 0 Å². The van der Waals surface area contributed by atoms with Gasteiger partial charge in [-0.2, -0.15) is 0 Å². The first-order chi connectivity index (χ1) is 9.78. The third kappa shape index (κ3) is 4.58. The molecule has 0 atom stereocenters. The SMILES string of the molecule is CCC/C=C/c1ccc(COc2ccc(C)cc2)cc1. The van der Waals surface area contributed by atoms with Crippen LogP contribution in [0.15, 0.2) is 54.6 Å². The van der Waals surface area contributed by atoms with Gasteiger partial charge in [0, 0.05) is 0 Å². The summed E-state index contributed by atoms with van der Waals surface area (Å²) in [5.74, 6) is 0.919. The molecule has 0 spiro atoms. The minimum absolute atomic E-state index is 0.613. The molecule has 20 heavy (non-hydrogen) atoms. The molecule has 1 nitrogen and oxygen atoms in total. The zero-order valence-corrected chi connectivity index (χ0v) is 12.3. The van der Waals surface area contributed by atoms with Crippen molar-refractivity contribution in [1.82, 2.24) is 0 Å². The quantitative estimate of drug-likeness (QED) is 0.681. The number of aryl methyl sites for hydroxylation is 1. The van der Waals surface area contributed by atoms with E-state index in [2.05, 4.69) is 62.4 Å². The van der Waals surface area contributed by atoms with E-state index >= 15 is 0 Å². The van der Waals surface area contributed by atoms with Crippen molar-refractivity contribution >= 4 is 6.08 Å². The average Bonchev–Trinajstić information content (AvgIpc) is 2.48. The molecule has 0 fully saturated rings. The van der Waals surface area contributed by atoms with Gasteiger partial charge in [0.25, 0.3) is 0 Å². The lowest BCUT2D eigenvalue weighted by atomic mass is 10.1. The van der Waals surface area contributed by atoms with Crippen LogP contribution in [0.4, 0.5) is 0 Å². The Kier molecular flexibility index (Phi) is 5.43. The van der Waals surface area contributed by atoms with Crippen LogP contribution in [0.1, 0.15) is 36.5 Å². The number of allylic oxidation sites excluding steroid dienone is 1. The Morgan fingerprint density at radius 2 is 1.65 bits per heavy atom. The van der Waals surface area contributed by atoms with Crippen molar-refractivity contribution in [3.8, 4) is 5.75 Å². The molecule has 0 radical (unpaired) electrons. The van der Waals surface area contributed by atoms with E-state index in [0.717, 1.165) is 12.2 Å². The maximum absolute atomic E-state index is 5.77. The summed E-state index contributed by atoms with van der Waals surface area (Å²) in [4.78, 5) is 0. The van der Waals surface area contributed by atoms with Crippen molar-refractivity contribution in [2.24, 2.45) is 0 Å². The maximum Gasteiger partial charge on any atom is 0.119 e. The van der Waals surface area contributed by atoms with Crippen molar-refractivity contribution in [3.63, 3.8) is 0 Å². The van der Waals surface area contributed by atoms with Gasteiger partial charge < -0.3 is 4.74 Å². The minimum atomic E-state index is 0.613. The molecule has 0 bridgehead atoms. The van der Waals surface area contributed by atoms with E-state index in [1.54, 1.807) is 0 Å². The fraction of sp³-hybridized carbons (Fsp3) is 0.263. The van der Waals surface area contributed by atoms with Crippen LogP contribution in [-0.4, -0.2) is 0 Å². The molecule has 2 rings (SSSR count). The first-order valence-electron chi connectivity index (χ1n) is 7.23. The summed E-state index contributed by atoms with van der Waals surface area (Å²) in [6.45, 7) is 4.88. The van der Waals surface area contributed by atoms with Gasteiger partial charge in [0.15, 0.2) is 0 Å². The van der Waals surface area contributed by atoms with E-state index in [0.29, 0.717) is 6.61 Å². The Hall–Kier alpha value is -2.02. The molecular weight excluding hydrogens is 244 g/mol. The zero-order chi connectivity index (χ0) is 14.2. The smallest absolute Gasteiger partial charge is 0.119 e. The standard InChI is InChI=1S/C19H22O/c1-3-4-5-6-17-9-11-18(12-10-17)15-20-19-13-7-16(2)8-14-19/h5-14H,3-4,15H2,1-2H3/b6-5+. The summed E-state index contributed by atoms with van der Waals surface area (Å²) in [5.41, 5.74) is 3.69. The lowest BCUT2D eigenvalue weighted by Crippen LogP contribution is -1.95. The molecule has 0 aromatic heterocycles. The Morgan fingerprint density at radius 3 is 2.30 bits per heavy atom. The molecule has 104 valence electrons. The number of benzene rings is 2. The molecule has 0 aliphatic heterocycles. The maximum atomic E-state index is 5.77. The number of hydrogen-bond acceptors (Lipinski definition) is 1. The van der Waals surface area contributed by atoms with E-state index in [4.69, 9.17) is 4.74 Å². The van der Waals surface area contributed by atoms with E-state index in [1.807, 2.05) is 12.1 Å². The molecule has 0 amide bonds. The van der Waals surface area contributed by atoms with Crippen LogP contribution in [0.25, 0.3) is 6.08 Å². The third-order valence-electron chi connectivity index (χ3n) is 3.17. The van der Waals surface area contributed by atoms with Crippen LogP contribution in [0, 0.1) is 6.92 Å². The summed E-state index contributed by atoms with van der Waals surface area (Å²) in [5, 5.41) is 0. The van der Waals surface area contributed by atoms with Crippen LogP contribution in [0.5, 0.6) is 5.75 Å². The predicted octanol–water partition coefficient (Wildman–Crippen LogP) is 5.39. The van der Waals surface area contributed by atoms with Crippen molar-refractivity contribution in [3.05, 3.63) is 71.3 Å². The highest BCUT2D eigenvalue weighted by atomic mass is 16.5. The summed E-state index contributed by atoms with van der Waals surface area (Å²) in [7, 11) is 0. The van der Waals surface area contributed by atoms with Gasteiger partial charge in [0.1, 0.15) is 12.4 Å². The molecule has 1 heteroatoms. The molecule has 0 N–H and O–H groups in total.